The number of carbonyl (C=O) groups is 2. The van der Waals surface area contributed by atoms with Gasteiger partial charge in [-0.2, -0.15) is 0 Å². The first kappa shape index (κ1) is 30.6. The minimum atomic E-state index is -0.940. The van der Waals surface area contributed by atoms with Crippen molar-refractivity contribution in [3.8, 4) is 0 Å². The molecule has 2 heterocycles. The van der Waals surface area contributed by atoms with Crippen molar-refractivity contribution in [1.29, 1.82) is 0 Å². The summed E-state index contributed by atoms with van der Waals surface area (Å²) in [6.07, 6.45) is 7.33. The Morgan fingerprint density at radius 3 is 2.66 bits per heavy atom. The Bertz CT molecular complexity index is 1150. The molecule has 0 aromatic carbocycles. The molecule has 0 unspecified atom stereocenters. The van der Waals surface area contributed by atoms with Crippen LogP contribution in [-0.4, -0.2) is 70.1 Å². The van der Waals surface area contributed by atoms with Gasteiger partial charge in [0.15, 0.2) is 5.03 Å². The molecule has 41 heavy (non-hydrogen) atoms. The Morgan fingerprint density at radius 1 is 1.27 bits per heavy atom. The number of nitro groups is 1. The number of hydrogen-bond donors (Lipinski definition) is 4. The first-order chi connectivity index (χ1) is 19.3. The topological polar surface area (TPSA) is 196 Å². The molecule has 3 saturated carbocycles. The molecule has 1 aromatic heterocycles. The number of nitrogens with zero attached hydrogens (tertiary/aromatic N) is 4. The third-order valence-corrected chi connectivity index (χ3v) is 8.91. The molecule has 2 bridgehead atoms. The quantitative estimate of drug-likeness (QED) is 0.0707. The zero-order valence-corrected chi connectivity index (χ0v) is 24.3. The van der Waals surface area contributed by atoms with Crippen LogP contribution in [0.15, 0.2) is 23.6 Å². The fourth-order valence-electron chi connectivity index (χ4n) is 6.64. The van der Waals surface area contributed by atoms with Crippen LogP contribution in [0.2, 0.25) is 0 Å². The van der Waals surface area contributed by atoms with Gasteiger partial charge in [0.1, 0.15) is 11.7 Å². The van der Waals surface area contributed by atoms with Gasteiger partial charge in [0.05, 0.1) is 23.8 Å². The van der Waals surface area contributed by atoms with Crippen molar-refractivity contribution in [1.82, 2.24) is 26.0 Å². The fourth-order valence-corrected chi connectivity index (χ4v) is 6.64. The van der Waals surface area contributed by atoms with Crippen molar-refractivity contribution in [3.05, 3.63) is 34.4 Å². The van der Waals surface area contributed by atoms with Crippen LogP contribution in [0.5, 0.6) is 0 Å². The number of nitrogens with one attached hydrogen (secondary N) is 3. The third kappa shape index (κ3) is 6.78. The smallest absolute Gasteiger partial charge is 0.404 e. The summed E-state index contributed by atoms with van der Waals surface area (Å²) in [5.74, 6) is -0.495. The number of hydrazine groups is 1. The number of hydrogen-bond acceptors (Lipinski definition) is 9. The molecule has 224 valence electrons. The lowest BCUT2D eigenvalue weighted by molar-refractivity contribution is -0.525. The van der Waals surface area contributed by atoms with E-state index in [1.54, 1.807) is 5.43 Å². The van der Waals surface area contributed by atoms with Crippen molar-refractivity contribution < 1.29 is 23.9 Å². The minimum Gasteiger partial charge on any atom is -0.404 e. The highest BCUT2D eigenvalue weighted by Crippen LogP contribution is 2.65. The van der Waals surface area contributed by atoms with Gasteiger partial charge >= 0.3 is 7.12 Å². The van der Waals surface area contributed by atoms with E-state index in [1.165, 1.54) is 18.6 Å². The average molecular weight is 572 g/mol. The highest BCUT2D eigenvalue weighted by atomic mass is 16.7. The molecule has 3 aliphatic carbocycles. The van der Waals surface area contributed by atoms with Crippen molar-refractivity contribution in [3.63, 3.8) is 0 Å². The molecule has 2 amide bonds. The van der Waals surface area contributed by atoms with Crippen LogP contribution >= 0.6 is 0 Å². The number of guanidine groups is 1. The van der Waals surface area contributed by atoms with Crippen LogP contribution in [0.25, 0.3) is 0 Å². The Morgan fingerprint density at radius 2 is 2.02 bits per heavy atom. The number of nitrogens with two attached hydrogens (primary N) is 1. The third-order valence-electron chi connectivity index (χ3n) is 8.91. The minimum absolute atomic E-state index is 0.0286. The van der Waals surface area contributed by atoms with E-state index in [9.17, 15) is 19.7 Å². The number of rotatable bonds is 12. The summed E-state index contributed by atoms with van der Waals surface area (Å²) < 4.78 is 13.1. The van der Waals surface area contributed by atoms with E-state index in [-0.39, 0.29) is 42.1 Å². The molecule has 1 aromatic rings. The van der Waals surface area contributed by atoms with E-state index >= 15 is 0 Å². The fraction of sp³-hybridized carbons (Fsp3) is 0.731. The Kier molecular flexibility index (Phi) is 9.17. The van der Waals surface area contributed by atoms with Gasteiger partial charge in [-0.05, 0) is 62.2 Å². The maximum absolute atomic E-state index is 13.7. The summed E-state index contributed by atoms with van der Waals surface area (Å²) in [6.45, 7) is 11.0. The van der Waals surface area contributed by atoms with Crippen LogP contribution < -0.4 is 21.8 Å². The molecule has 1 saturated heterocycles. The van der Waals surface area contributed by atoms with E-state index in [4.69, 9.17) is 15.0 Å². The maximum Gasteiger partial charge on any atom is 0.481 e. The number of aliphatic imine (C=N–C) groups is 1. The van der Waals surface area contributed by atoms with Crippen molar-refractivity contribution >= 4 is 24.9 Å². The van der Waals surface area contributed by atoms with E-state index < -0.39 is 41.5 Å². The van der Waals surface area contributed by atoms with Crippen LogP contribution in [-0.2, 0) is 14.1 Å². The molecule has 4 fully saturated rings. The lowest BCUT2D eigenvalue weighted by Gasteiger charge is -2.64. The lowest BCUT2D eigenvalue weighted by atomic mass is 9.43. The number of amides is 2. The highest BCUT2D eigenvalue weighted by Gasteiger charge is 2.68. The Labute approximate surface area is 240 Å². The van der Waals surface area contributed by atoms with Crippen LogP contribution in [0.3, 0.4) is 0 Å². The van der Waals surface area contributed by atoms with Gasteiger partial charge in [-0.15, -0.1) is 0 Å². The van der Waals surface area contributed by atoms with E-state index in [0.29, 0.717) is 24.7 Å². The summed E-state index contributed by atoms with van der Waals surface area (Å²) in [5.41, 5.74) is 7.11. The molecule has 0 radical (unpaired) electrons. The average Bonchev–Trinajstić information content (AvgIpc) is 3.26. The van der Waals surface area contributed by atoms with Gasteiger partial charge in [0.25, 0.3) is 11.9 Å². The first-order valence-corrected chi connectivity index (χ1v) is 14.2. The predicted molar refractivity (Wildman–Crippen MR) is 151 cm³/mol. The summed E-state index contributed by atoms with van der Waals surface area (Å²) in [6, 6.07) is -0.940. The molecule has 14 nitrogen and oxygen atoms in total. The second kappa shape index (κ2) is 12.3. The van der Waals surface area contributed by atoms with Gasteiger partial charge in [-0.3, -0.25) is 14.6 Å². The predicted octanol–water partition coefficient (Wildman–Crippen LogP) is 1.25. The number of aromatic nitrogens is 2. The van der Waals surface area contributed by atoms with Crippen LogP contribution in [0, 0.1) is 33.3 Å². The molecule has 5 rings (SSSR count). The monoisotopic (exact) mass is 572 g/mol. The molecular weight excluding hydrogens is 531 g/mol. The Hall–Kier alpha value is -3.33. The normalized spacial score (nSPS) is 27.8. The molecule has 1 aliphatic heterocycles. The lowest BCUT2D eigenvalue weighted by Crippen LogP contribution is -2.65. The molecule has 4 aliphatic rings. The van der Waals surface area contributed by atoms with E-state index in [1.807, 2.05) is 0 Å². The second-order valence-electron chi connectivity index (χ2n) is 12.5. The molecule has 5 N–H and O–H groups in total. The van der Waals surface area contributed by atoms with Crippen molar-refractivity contribution in [2.24, 2.45) is 33.9 Å². The maximum atomic E-state index is 13.7. The summed E-state index contributed by atoms with van der Waals surface area (Å²) in [5, 5.41) is 15.6. The summed E-state index contributed by atoms with van der Waals surface area (Å²) in [4.78, 5) is 48.9. The zero-order valence-electron chi connectivity index (χ0n) is 24.3. The molecule has 0 spiro atoms. The van der Waals surface area contributed by atoms with Crippen LogP contribution in [0.1, 0.15) is 77.2 Å². The standard InChI is InChI=1S/C26H41BN8O6/c1-15(2)11-21(27-40-20-13-16-12-19(25(16,3)4)26(20,5)41-27)33-22(36)17(7-6-8-31-24(28)34-35(38)39)32-23(37)18-14-29-9-10-30-18/h9-10,14-17,19-21H,6-8,11-13H2,1-5H3,(H,32,37)(H,33,36)(H3,28,31,34)/t16-,17+,19-,20-,21+,26+/m1/s1. The first-order valence-electron chi connectivity index (χ1n) is 14.2. The zero-order chi connectivity index (χ0) is 29.9. The molecule has 6 atom stereocenters. The van der Waals surface area contributed by atoms with Crippen molar-refractivity contribution in [2.75, 3.05) is 6.54 Å². The molecular formula is C26H41BN8O6. The summed E-state index contributed by atoms with van der Waals surface area (Å²) in [7, 11) is -0.611. The van der Waals surface area contributed by atoms with Gasteiger partial charge in [0, 0.05) is 18.9 Å². The summed E-state index contributed by atoms with van der Waals surface area (Å²) >= 11 is 0. The largest absolute Gasteiger partial charge is 0.481 e. The number of carbonyl (C=O) groups excluding carboxylic acids is 2. The SMILES string of the molecule is CC(C)C[C@H](NC(=O)[C@H](CCCN=C(N)N[N+](=O)[O-])NC(=O)c1cnccn1)B1O[C@@H]2C[C@H]3C[C@H](C3(C)C)[C@]2(C)O1. The van der Waals surface area contributed by atoms with Gasteiger partial charge in [0.2, 0.25) is 5.91 Å². The highest BCUT2D eigenvalue weighted by molar-refractivity contribution is 6.48. The van der Waals surface area contributed by atoms with E-state index in [2.05, 4.69) is 60.2 Å². The van der Waals surface area contributed by atoms with E-state index in [0.717, 1.165) is 12.8 Å². The van der Waals surface area contributed by atoms with Crippen molar-refractivity contribution in [2.45, 2.75) is 90.4 Å². The van der Waals surface area contributed by atoms with Gasteiger partial charge in [-0.1, -0.05) is 33.1 Å². The Balaban J connectivity index is 1.46. The van der Waals surface area contributed by atoms with Gasteiger partial charge in [-0.25, -0.2) is 20.1 Å². The second-order valence-corrected chi connectivity index (χ2v) is 12.5. The van der Waals surface area contributed by atoms with Crippen LogP contribution in [0.4, 0.5) is 0 Å². The van der Waals surface area contributed by atoms with Gasteiger partial charge < -0.3 is 25.7 Å². The molecule has 15 heteroatoms.